The van der Waals surface area contributed by atoms with Crippen LogP contribution >= 0.6 is 0 Å². The Labute approximate surface area is 107 Å². The molecule has 0 aromatic heterocycles. The lowest BCUT2D eigenvalue weighted by Crippen LogP contribution is -2.61. The van der Waals surface area contributed by atoms with Crippen LogP contribution in [0, 0.1) is 0 Å². The minimum absolute atomic E-state index is 0.0281. The second kappa shape index (κ2) is 4.85. The van der Waals surface area contributed by atoms with Crippen LogP contribution < -0.4 is 10.6 Å². The number of carbonyl (C=O) groups is 2. The minimum atomic E-state index is -0.240. The molecular formula is C12H20N4O2. The van der Waals surface area contributed by atoms with Crippen molar-refractivity contribution in [2.75, 3.05) is 39.3 Å². The average Bonchev–Trinajstić information content (AvgIpc) is 2.86. The molecule has 3 aliphatic heterocycles. The molecule has 3 fully saturated rings. The molecule has 3 saturated heterocycles. The van der Waals surface area contributed by atoms with Gasteiger partial charge < -0.3 is 10.2 Å². The van der Waals surface area contributed by atoms with Gasteiger partial charge in [-0.15, -0.1) is 0 Å². The van der Waals surface area contributed by atoms with E-state index < -0.39 is 0 Å². The summed E-state index contributed by atoms with van der Waals surface area (Å²) in [6, 6.07) is 0.316. The predicted molar refractivity (Wildman–Crippen MR) is 66.0 cm³/mol. The molecule has 0 aromatic rings. The molecule has 0 aliphatic carbocycles. The number of nitrogens with one attached hydrogen (secondary N) is 2. The first-order valence-electron chi connectivity index (χ1n) is 6.77. The first-order chi connectivity index (χ1) is 8.74. The molecule has 3 rings (SSSR count). The first-order valence-corrected chi connectivity index (χ1v) is 6.77. The van der Waals surface area contributed by atoms with Crippen LogP contribution in [-0.4, -0.2) is 73.0 Å². The highest BCUT2D eigenvalue weighted by atomic mass is 16.2. The Morgan fingerprint density at radius 1 is 1.28 bits per heavy atom. The Balaban J connectivity index is 1.57. The number of carbonyl (C=O) groups excluding carboxylic acids is 2. The summed E-state index contributed by atoms with van der Waals surface area (Å²) in [5, 5.41) is 5.75. The highest BCUT2D eigenvalue weighted by Gasteiger charge is 2.35. The number of nitrogens with zero attached hydrogens (tertiary/aromatic N) is 2. The fourth-order valence-electron chi connectivity index (χ4n) is 3.15. The van der Waals surface area contributed by atoms with Crippen LogP contribution in [0.4, 0.5) is 0 Å². The monoisotopic (exact) mass is 252 g/mol. The maximum Gasteiger partial charge on any atom is 0.241 e. The number of piperazine rings is 2. The van der Waals surface area contributed by atoms with E-state index in [0.717, 1.165) is 19.6 Å². The lowest BCUT2D eigenvalue weighted by Gasteiger charge is -2.39. The summed E-state index contributed by atoms with van der Waals surface area (Å²) in [5.41, 5.74) is 0. The quantitative estimate of drug-likeness (QED) is 0.589. The fourth-order valence-corrected chi connectivity index (χ4v) is 3.15. The Hall–Kier alpha value is -1.14. The topological polar surface area (TPSA) is 64.7 Å². The second-order valence-electron chi connectivity index (χ2n) is 5.35. The summed E-state index contributed by atoms with van der Waals surface area (Å²) < 4.78 is 0. The molecule has 2 amide bonds. The standard InChI is InChI=1S/C12H20N4O2/c17-11-7-13-10(6-14-11)12(18)16-5-4-15-3-1-2-9(15)8-16/h9-10,13H,1-8H2,(H,14,17). The summed E-state index contributed by atoms with van der Waals surface area (Å²) in [7, 11) is 0. The van der Waals surface area contributed by atoms with Gasteiger partial charge in [0.1, 0.15) is 6.04 Å². The normalized spacial score (nSPS) is 33.1. The van der Waals surface area contributed by atoms with Crippen molar-refractivity contribution in [3.8, 4) is 0 Å². The molecule has 2 atom stereocenters. The maximum absolute atomic E-state index is 12.3. The van der Waals surface area contributed by atoms with Crippen LogP contribution in [-0.2, 0) is 9.59 Å². The van der Waals surface area contributed by atoms with Gasteiger partial charge in [0.25, 0.3) is 0 Å². The van der Waals surface area contributed by atoms with Crippen LogP contribution in [0.15, 0.2) is 0 Å². The van der Waals surface area contributed by atoms with E-state index in [9.17, 15) is 9.59 Å². The van der Waals surface area contributed by atoms with E-state index >= 15 is 0 Å². The van der Waals surface area contributed by atoms with Crippen LogP contribution in [0.1, 0.15) is 12.8 Å². The molecule has 0 radical (unpaired) electrons. The molecule has 18 heavy (non-hydrogen) atoms. The molecular weight excluding hydrogens is 232 g/mol. The van der Waals surface area contributed by atoms with Crippen molar-refractivity contribution in [3.05, 3.63) is 0 Å². The molecule has 3 heterocycles. The van der Waals surface area contributed by atoms with Gasteiger partial charge in [-0.3, -0.25) is 19.8 Å². The fraction of sp³-hybridized carbons (Fsp3) is 0.833. The Morgan fingerprint density at radius 2 is 2.17 bits per heavy atom. The first kappa shape index (κ1) is 11.9. The number of hydrogen-bond acceptors (Lipinski definition) is 4. The summed E-state index contributed by atoms with van der Waals surface area (Å²) in [4.78, 5) is 27.8. The van der Waals surface area contributed by atoms with Gasteiger partial charge in [-0.1, -0.05) is 0 Å². The van der Waals surface area contributed by atoms with Crippen molar-refractivity contribution < 1.29 is 9.59 Å². The third-order valence-electron chi connectivity index (χ3n) is 4.21. The lowest BCUT2D eigenvalue weighted by atomic mass is 10.1. The number of amides is 2. The van der Waals surface area contributed by atoms with Crippen LogP contribution in [0.3, 0.4) is 0 Å². The zero-order valence-electron chi connectivity index (χ0n) is 10.5. The number of rotatable bonds is 1. The van der Waals surface area contributed by atoms with Crippen molar-refractivity contribution >= 4 is 11.8 Å². The highest BCUT2D eigenvalue weighted by molar-refractivity contribution is 5.86. The van der Waals surface area contributed by atoms with Gasteiger partial charge in [-0.05, 0) is 19.4 Å². The van der Waals surface area contributed by atoms with Crippen LogP contribution in [0.25, 0.3) is 0 Å². The molecule has 2 unspecified atom stereocenters. The predicted octanol–water partition coefficient (Wildman–Crippen LogP) is -1.62. The van der Waals surface area contributed by atoms with Gasteiger partial charge in [0, 0.05) is 32.2 Å². The van der Waals surface area contributed by atoms with Gasteiger partial charge in [0.2, 0.25) is 11.8 Å². The lowest BCUT2D eigenvalue weighted by molar-refractivity contribution is -0.137. The zero-order chi connectivity index (χ0) is 12.5. The van der Waals surface area contributed by atoms with Crippen molar-refractivity contribution in [1.29, 1.82) is 0 Å². The van der Waals surface area contributed by atoms with E-state index in [2.05, 4.69) is 15.5 Å². The average molecular weight is 252 g/mol. The smallest absolute Gasteiger partial charge is 0.241 e. The molecule has 6 heteroatoms. The number of hydrogen-bond donors (Lipinski definition) is 2. The molecule has 100 valence electrons. The Morgan fingerprint density at radius 3 is 2.94 bits per heavy atom. The summed E-state index contributed by atoms with van der Waals surface area (Å²) in [6.07, 6.45) is 2.46. The van der Waals surface area contributed by atoms with Gasteiger partial charge in [0.15, 0.2) is 0 Å². The zero-order valence-corrected chi connectivity index (χ0v) is 10.5. The molecule has 0 bridgehead atoms. The summed E-state index contributed by atoms with van der Waals surface area (Å²) in [5.74, 6) is 0.112. The third kappa shape index (κ3) is 2.22. The van der Waals surface area contributed by atoms with E-state index in [4.69, 9.17) is 0 Å². The SMILES string of the molecule is O=C1CNC(C(=O)N2CCN3CCCC3C2)CN1. The molecule has 6 nitrogen and oxygen atoms in total. The molecule has 2 N–H and O–H groups in total. The van der Waals surface area contributed by atoms with Crippen LogP contribution in [0.2, 0.25) is 0 Å². The minimum Gasteiger partial charge on any atom is -0.353 e. The van der Waals surface area contributed by atoms with Gasteiger partial charge in [0.05, 0.1) is 6.54 Å². The molecule has 0 saturated carbocycles. The second-order valence-corrected chi connectivity index (χ2v) is 5.35. The van der Waals surface area contributed by atoms with Crippen molar-refractivity contribution in [2.24, 2.45) is 0 Å². The van der Waals surface area contributed by atoms with Crippen LogP contribution in [0.5, 0.6) is 0 Å². The van der Waals surface area contributed by atoms with E-state index in [1.165, 1.54) is 19.4 Å². The largest absolute Gasteiger partial charge is 0.353 e. The molecule has 0 spiro atoms. The van der Waals surface area contributed by atoms with E-state index in [1.807, 2.05) is 4.90 Å². The third-order valence-corrected chi connectivity index (χ3v) is 4.21. The van der Waals surface area contributed by atoms with E-state index in [1.54, 1.807) is 0 Å². The Bertz CT molecular complexity index is 350. The highest BCUT2D eigenvalue weighted by Crippen LogP contribution is 2.21. The summed E-state index contributed by atoms with van der Waals surface area (Å²) in [6.45, 7) is 4.52. The molecule has 3 aliphatic rings. The van der Waals surface area contributed by atoms with Crippen molar-refractivity contribution in [2.45, 2.75) is 24.9 Å². The number of fused-ring (bicyclic) bond motifs is 1. The van der Waals surface area contributed by atoms with Gasteiger partial charge >= 0.3 is 0 Å². The van der Waals surface area contributed by atoms with E-state index in [0.29, 0.717) is 12.6 Å². The summed E-state index contributed by atoms with van der Waals surface area (Å²) >= 11 is 0. The molecule has 0 aromatic carbocycles. The Kier molecular flexibility index (Phi) is 3.22. The van der Waals surface area contributed by atoms with Crippen molar-refractivity contribution in [3.63, 3.8) is 0 Å². The van der Waals surface area contributed by atoms with Gasteiger partial charge in [-0.25, -0.2) is 0 Å². The van der Waals surface area contributed by atoms with E-state index in [-0.39, 0.29) is 24.4 Å². The maximum atomic E-state index is 12.3. The van der Waals surface area contributed by atoms with Gasteiger partial charge in [-0.2, -0.15) is 0 Å². The van der Waals surface area contributed by atoms with Crippen molar-refractivity contribution in [1.82, 2.24) is 20.4 Å².